The van der Waals surface area contributed by atoms with Crippen molar-refractivity contribution in [3.63, 3.8) is 0 Å². The van der Waals surface area contributed by atoms with Gasteiger partial charge in [0.1, 0.15) is 22.7 Å². The molecular weight excluding hydrogens is 406 g/mol. The third-order valence-electron chi connectivity index (χ3n) is 4.07. The molecule has 2 heterocycles. The number of hydrogen-bond acceptors (Lipinski definition) is 8. The van der Waals surface area contributed by atoms with Crippen molar-refractivity contribution in [3.05, 3.63) is 54.1 Å². The van der Waals surface area contributed by atoms with Crippen LogP contribution in [0.5, 0.6) is 5.75 Å². The number of hydrogen-bond donors (Lipinski definition) is 1. The molecule has 1 aromatic carbocycles. The number of carbonyl (C=O) groups excluding carboxylic acids is 2. The van der Waals surface area contributed by atoms with Crippen LogP contribution in [0.25, 0.3) is 5.82 Å². The summed E-state index contributed by atoms with van der Waals surface area (Å²) < 4.78 is 11.7. The molecule has 0 aliphatic carbocycles. The average Bonchev–Trinajstić information content (AvgIpc) is 3.14. The Hall–Kier alpha value is -3.40. The van der Waals surface area contributed by atoms with Crippen molar-refractivity contribution in [3.8, 4) is 11.6 Å². The molecule has 0 unspecified atom stereocenters. The van der Waals surface area contributed by atoms with E-state index in [2.05, 4.69) is 20.4 Å². The van der Waals surface area contributed by atoms with Crippen LogP contribution in [-0.2, 0) is 9.53 Å². The summed E-state index contributed by atoms with van der Waals surface area (Å²) in [6.07, 6.45) is 2.84. The first kappa shape index (κ1) is 21.3. The second-order valence-corrected chi connectivity index (χ2v) is 7.05. The summed E-state index contributed by atoms with van der Waals surface area (Å²) >= 11 is 1.27. The van der Waals surface area contributed by atoms with E-state index in [9.17, 15) is 9.59 Å². The van der Waals surface area contributed by atoms with Gasteiger partial charge in [0, 0.05) is 11.8 Å². The first-order valence-corrected chi connectivity index (χ1v) is 10.1. The summed E-state index contributed by atoms with van der Waals surface area (Å²) in [7, 11) is 1.59. The van der Waals surface area contributed by atoms with Gasteiger partial charge in [0.15, 0.2) is 5.82 Å². The normalized spacial score (nSPS) is 10.5. The van der Waals surface area contributed by atoms with Gasteiger partial charge in [-0.15, -0.1) is 0 Å². The van der Waals surface area contributed by atoms with E-state index >= 15 is 0 Å². The Labute approximate surface area is 177 Å². The van der Waals surface area contributed by atoms with Crippen LogP contribution in [0.4, 0.5) is 5.69 Å². The molecule has 0 saturated heterocycles. The molecular formula is C20H21N5O4S. The third-order valence-corrected chi connectivity index (χ3v) is 5.00. The molecule has 9 nitrogen and oxygen atoms in total. The predicted molar refractivity (Wildman–Crippen MR) is 112 cm³/mol. The molecule has 0 bridgehead atoms. The first-order chi connectivity index (χ1) is 14.5. The molecule has 3 aromatic rings. The van der Waals surface area contributed by atoms with E-state index in [1.54, 1.807) is 51.3 Å². The van der Waals surface area contributed by atoms with Crippen LogP contribution in [0.2, 0.25) is 0 Å². The van der Waals surface area contributed by atoms with Gasteiger partial charge in [0.25, 0.3) is 0 Å². The highest BCUT2D eigenvalue weighted by molar-refractivity contribution is 7.99. The highest BCUT2D eigenvalue weighted by Crippen LogP contribution is 2.20. The highest BCUT2D eigenvalue weighted by atomic mass is 32.2. The minimum atomic E-state index is -0.430. The van der Waals surface area contributed by atoms with Gasteiger partial charge in [-0.25, -0.2) is 19.4 Å². The molecule has 0 aliphatic heterocycles. The number of ether oxygens (including phenoxy) is 2. The van der Waals surface area contributed by atoms with Crippen LogP contribution in [0.3, 0.4) is 0 Å². The summed E-state index contributed by atoms with van der Waals surface area (Å²) in [4.78, 5) is 32.6. The standard InChI is InChI=1S/C20H21N5O4S/c1-4-29-20(27)16-10-23-25(13(16)2)17-9-19(22-12-21-17)30-11-18(26)24-14-5-7-15(28-3)8-6-14/h5-10,12H,4,11H2,1-3H3,(H,24,26). The molecule has 0 saturated carbocycles. The van der Waals surface area contributed by atoms with Crippen LogP contribution >= 0.6 is 11.8 Å². The summed E-state index contributed by atoms with van der Waals surface area (Å²) in [6.45, 7) is 3.79. The van der Waals surface area contributed by atoms with Gasteiger partial charge in [-0.1, -0.05) is 11.8 Å². The van der Waals surface area contributed by atoms with Crippen molar-refractivity contribution >= 4 is 29.3 Å². The molecule has 0 atom stereocenters. The number of aromatic nitrogens is 4. The first-order valence-electron chi connectivity index (χ1n) is 9.12. The summed E-state index contributed by atoms with van der Waals surface area (Å²) in [5.74, 6) is 0.798. The van der Waals surface area contributed by atoms with Crippen molar-refractivity contribution in [1.29, 1.82) is 0 Å². The smallest absolute Gasteiger partial charge is 0.341 e. The Morgan fingerprint density at radius 1 is 1.20 bits per heavy atom. The fraction of sp³-hybridized carbons (Fsp3) is 0.250. The number of methoxy groups -OCH3 is 1. The molecule has 10 heteroatoms. The second kappa shape index (κ2) is 9.88. The van der Waals surface area contributed by atoms with E-state index in [1.165, 1.54) is 29.0 Å². The van der Waals surface area contributed by atoms with E-state index in [4.69, 9.17) is 9.47 Å². The SMILES string of the molecule is CCOC(=O)c1cnn(-c2cc(SCC(=O)Nc3ccc(OC)cc3)ncn2)c1C. The van der Waals surface area contributed by atoms with Gasteiger partial charge in [0.05, 0.1) is 31.4 Å². The number of carbonyl (C=O) groups is 2. The zero-order valence-corrected chi connectivity index (χ0v) is 17.6. The number of rotatable bonds is 8. The van der Waals surface area contributed by atoms with Crippen LogP contribution in [0, 0.1) is 6.92 Å². The van der Waals surface area contributed by atoms with Crippen molar-refractivity contribution in [2.45, 2.75) is 18.9 Å². The lowest BCUT2D eigenvalue weighted by Crippen LogP contribution is -2.14. The Balaban J connectivity index is 1.64. The van der Waals surface area contributed by atoms with Gasteiger partial charge in [-0.2, -0.15) is 5.10 Å². The second-order valence-electron chi connectivity index (χ2n) is 6.06. The number of thioether (sulfide) groups is 1. The number of anilines is 1. The maximum atomic E-state index is 12.2. The Morgan fingerprint density at radius 2 is 1.97 bits per heavy atom. The quantitative estimate of drug-likeness (QED) is 0.332. The zero-order valence-electron chi connectivity index (χ0n) is 16.8. The van der Waals surface area contributed by atoms with Crippen molar-refractivity contribution in [2.75, 3.05) is 24.8 Å². The minimum absolute atomic E-state index is 0.162. The Kier molecular flexibility index (Phi) is 7.02. The number of nitrogens with one attached hydrogen (secondary N) is 1. The lowest BCUT2D eigenvalue weighted by atomic mass is 10.2. The molecule has 3 rings (SSSR count). The highest BCUT2D eigenvalue weighted by Gasteiger charge is 2.17. The van der Waals surface area contributed by atoms with Crippen molar-refractivity contribution in [1.82, 2.24) is 19.7 Å². The number of esters is 1. The van der Waals surface area contributed by atoms with Crippen molar-refractivity contribution < 1.29 is 19.1 Å². The zero-order chi connectivity index (χ0) is 21.5. The summed E-state index contributed by atoms with van der Waals surface area (Å²) in [6, 6.07) is 8.80. The van der Waals surface area contributed by atoms with Gasteiger partial charge < -0.3 is 14.8 Å². The molecule has 30 heavy (non-hydrogen) atoms. The van der Waals surface area contributed by atoms with Crippen LogP contribution in [-0.4, -0.2) is 51.1 Å². The van der Waals surface area contributed by atoms with Crippen LogP contribution in [0.1, 0.15) is 23.0 Å². The van der Waals surface area contributed by atoms with E-state index in [-0.39, 0.29) is 18.3 Å². The Bertz CT molecular complexity index is 1040. The third kappa shape index (κ3) is 5.15. The van der Waals surface area contributed by atoms with E-state index in [1.807, 2.05) is 0 Å². The van der Waals surface area contributed by atoms with Crippen LogP contribution < -0.4 is 10.1 Å². The molecule has 0 fully saturated rings. The van der Waals surface area contributed by atoms with Crippen molar-refractivity contribution in [2.24, 2.45) is 0 Å². The molecule has 1 amide bonds. The number of benzene rings is 1. The van der Waals surface area contributed by atoms with Gasteiger partial charge in [0.2, 0.25) is 5.91 Å². The molecule has 1 N–H and O–H groups in total. The van der Waals surface area contributed by atoms with Gasteiger partial charge >= 0.3 is 5.97 Å². The Morgan fingerprint density at radius 3 is 2.67 bits per heavy atom. The molecule has 156 valence electrons. The topological polar surface area (TPSA) is 108 Å². The molecule has 0 aliphatic rings. The predicted octanol–water partition coefficient (Wildman–Crippen LogP) is 2.89. The average molecular weight is 427 g/mol. The van der Waals surface area contributed by atoms with Crippen LogP contribution in [0.15, 0.2) is 47.9 Å². The maximum absolute atomic E-state index is 12.2. The lowest BCUT2D eigenvalue weighted by molar-refractivity contribution is -0.113. The summed E-state index contributed by atoms with van der Waals surface area (Å²) in [5, 5.41) is 7.65. The minimum Gasteiger partial charge on any atom is -0.497 e. The molecule has 0 spiro atoms. The lowest BCUT2D eigenvalue weighted by Gasteiger charge is -2.07. The largest absolute Gasteiger partial charge is 0.497 e. The van der Waals surface area contributed by atoms with E-state index in [0.29, 0.717) is 27.8 Å². The number of nitrogens with zero attached hydrogens (tertiary/aromatic N) is 4. The molecule has 0 radical (unpaired) electrons. The fourth-order valence-corrected chi connectivity index (χ4v) is 3.25. The van der Waals surface area contributed by atoms with Gasteiger partial charge in [-0.05, 0) is 38.1 Å². The van der Waals surface area contributed by atoms with Gasteiger partial charge in [-0.3, -0.25) is 4.79 Å². The molecule has 2 aromatic heterocycles. The maximum Gasteiger partial charge on any atom is 0.341 e. The monoisotopic (exact) mass is 427 g/mol. The number of amides is 1. The van der Waals surface area contributed by atoms with E-state index < -0.39 is 5.97 Å². The summed E-state index contributed by atoms with van der Waals surface area (Å²) in [5.41, 5.74) is 1.67. The van der Waals surface area contributed by atoms with E-state index in [0.717, 1.165) is 5.75 Å². The fourth-order valence-electron chi connectivity index (χ4n) is 2.59.